The minimum atomic E-state index is -4.11. The van der Waals surface area contributed by atoms with Crippen molar-refractivity contribution in [2.24, 2.45) is 0 Å². The second-order valence-electron chi connectivity index (χ2n) is 5.11. The number of carbonyl (C=O) groups excluding carboxylic acids is 1. The van der Waals surface area contributed by atoms with Crippen LogP contribution >= 0.6 is 10.7 Å². The molecule has 0 heterocycles. The highest BCUT2D eigenvalue weighted by molar-refractivity contribution is 8.13. The van der Waals surface area contributed by atoms with Gasteiger partial charge in [-0.05, 0) is 39.3 Å². The molecule has 118 valence electrons. The molecule has 0 aliphatic rings. The molecule has 0 saturated heterocycles. The smallest absolute Gasteiger partial charge is 0.261 e. The molecule has 0 aliphatic carbocycles. The standard InChI is InChI=1S/C14H19ClFNO3S/c1-5-6-17(9(2)3)14(18)11-7-12(16)10(4)13(8-11)21(15,19)20/h7-9H,5-6H2,1-4H3. The highest BCUT2D eigenvalue weighted by Gasteiger charge is 2.23. The summed E-state index contributed by atoms with van der Waals surface area (Å²) in [6.07, 6.45) is 0.749. The Labute approximate surface area is 129 Å². The SMILES string of the molecule is CCCN(C(=O)c1cc(F)c(C)c(S(=O)(=O)Cl)c1)C(C)C. The van der Waals surface area contributed by atoms with E-state index in [1.807, 2.05) is 20.8 Å². The molecule has 0 aromatic heterocycles. The van der Waals surface area contributed by atoms with Gasteiger partial charge < -0.3 is 4.90 Å². The van der Waals surface area contributed by atoms with Crippen LogP contribution in [0.25, 0.3) is 0 Å². The summed E-state index contributed by atoms with van der Waals surface area (Å²) >= 11 is 0. The number of benzene rings is 1. The molecule has 0 aliphatic heterocycles. The second kappa shape index (κ2) is 6.75. The van der Waals surface area contributed by atoms with Gasteiger partial charge in [0.25, 0.3) is 15.0 Å². The molecule has 7 heteroatoms. The van der Waals surface area contributed by atoms with Crippen molar-refractivity contribution in [1.29, 1.82) is 0 Å². The summed E-state index contributed by atoms with van der Waals surface area (Å²) < 4.78 is 36.9. The Bertz CT molecular complexity index is 644. The van der Waals surface area contributed by atoms with Crippen molar-refractivity contribution in [3.05, 3.63) is 29.1 Å². The molecule has 4 nitrogen and oxygen atoms in total. The first kappa shape index (κ1) is 17.9. The first-order valence-corrected chi connectivity index (χ1v) is 8.96. The molecular formula is C14H19ClFNO3S. The third-order valence-electron chi connectivity index (χ3n) is 3.16. The number of halogens is 2. The van der Waals surface area contributed by atoms with Crippen molar-refractivity contribution >= 4 is 25.6 Å². The van der Waals surface area contributed by atoms with E-state index in [-0.39, 0.29) is 22.1 Å². The summed E-state index contributed by atoms with van der Waals surface area (Å²) in [7, 11) is 1.19. The summed E-state index contributed by atoms with van der Waals surface area (Å²) in [6.45, 7) is 7.43. The van der Waals surface area contributed by atoms with Gasteiger partial charge >= 0.3 is 0 Å². The molecule has 0 radical (unpaired) electrons. The van der Waals surface area contributed by atoms with Crippen LogP contribution in [0.3, 0.4) is 0 Å². The number of amides is 1. The zero-order chi connectivity index (χ0) is 16.4. The molecule has 1 aromatic rings. The predicted octanol–water partition coefficient (Wildman–Crippen LogP) is 3.32. The van der Waals surface area contributed by atoms with E-state index in [1.54, 1.807) is 4.90 Å². The van der Waals surface area contributed by atoms with Crippen molar-refractivity contribution in [2.75, 3.05) is 6.54 Å². The van der Waals surface area contributed by atoms with E-state index in [9.17, 15) is 17.6 Å². The fraction of sp³-hybridized carbons (Fsp3) is 0.500. The molecular weight excluding hydrogens is 317 g/mol. The van der Waals surface area contributed by atoms with Gasteiger partial charge in [0.2, 0.25) is 0 Å². The summed E-state index contributed by atoms with van der Waals surface area (Å²) in [5.74, 6) is -1.17. The number of rotatable bonds is 5. The van der Waals surface area contributed by atoms with Crippen LogP contribution in [0.5, 0.6) is 0 Å². The average molecular weight is 336 g/mol. The molecule has 1 aromatic carbocycles. The van der Waals surface area contributed by atoms with E-state index in [2.05, 4.69) is 0 Å². The maximum atomic E-state index is 13.9. The molecule has 0 unspecified atom stereocenters. The highest BCUT2D eigenvalue weighted by atomic mass is 35.7. The summed E-state index contributed by atoms with van der Waals surface area (Å²) in [4.78, 5) is 13.6. The van der Waals surface area contributed by atoms with Gasteiger partial charge in [-0.25, -0.2) is 12.8 Å². The molecule has 1 amide bonds. The predicted molar refractivity (Wildman–Crippen MR) is 80.6 cm³/mol. The van der Waals surface area contributed by atoms with Crippen LogP contribution in [0.2, 0.25) is 0 Å². The highest BCUT2D eigenvalue weighted by Crippen LogP contribution is 2.24. The van der Waals surface area contributed by atoms with Crippen LogP contribution in [0, 0.1) is 12.7 Å². The van der Waals surface area contributed by atoms with Crippen LogP contribution in [-0.4, -0.2) is 31.8 Å². The van der Waals surface area contributed by atoms with E-state index in [1.165, 1.54) is 6.92 Å². The lowest BCUT2D eigenvalue weighted by Crippen LogP contribution is -2.37. The second-order valence-corrected chi connectivity index (χ2v) is 7.65. The Balaban J connectivity index is 3.38. The first-order valence-electron chi connectivity index (χ1n) is 6.65. The average Bonchev–Trinajstić information content (AvgIpc) is 2.36. The third kappa shape index (κ3) is 4.17. The van der Waals surface area contributed by atoms with Crippen LogP contribution in [-0.2, 0) is 9.05 Å². The van der Waals surface area contributed by atoms with Crippen LogP contribution in [0.15, 0.2) is 17.0 Å². The minimum Gasteiger partial charge on any atom is -0.336 e. The van der Waals surface area contributed by atoms with Crippen molar-refractivity contribution in [3.63, 3.8) is 0 Å². The summed E-state index contributed by atoms with van der Waals surface area (Å²) in [6, 6.07) is 2.11. The largest absolute Gasteiger partial charge is 0.336 e. The van der Waals surface area contributed by atoms with Crippen LogP contribution in [0.4, 0.5) is 4.39 Å². The molecule has 0 saturated carbocycles. The fourth-order valence-electron chi connectivity index (χ4n) is 2.03. The van der Waals surface area contributed by atoms with E-state index in [4.69, 9.17) is 10.7 Å². The van der Waals surface area contributed by atoms with Gasteiger partial charge in [0.1, 0.15) is 5.82 Å². The van der Waals surface area contributed by atoms with Gasteiger partial charge in [-0.2, -0.15) is 0 Å². The lowest BCUT2D eigenvalue weighted by molar-refractivity contribution is 0.0705. The Morgan fingerprint density at radius 2 is 1.95 bits per heavy atom. The van der Waals surface area contributed by atoms with Gasteiger partial charge in [-0.1, -0.05) is 6.92 Å². The van der Waals surface area contributed by atoms with Gasteiger partial charge in [-0.3, -0.25) is 4.79 Å². The Kier molecular flexibility index (Phi) is 5.75. The maximum absolute atomic E-state index is 13.9. The molecule has 0 spiro atoms. The Hall–Kier alpha value is -1.14. The van der Waals surface area contributed by atoms with Crippen molar-refractivity contribution < 1.29 is 17.6 Å². The first-order chi connectivity index (χ1) is 9.59. The lowest BCUT2D eigenvalue weighted by Gasteiger charge is -2.26. The number of hydrogen-bond acceptors (Lipinski definition) is 3. The van der Waals surface area contributed by atoms with Crippen molar-refractivity contribution in [2.45, 2.75) is 45.1 Å². The van der Waals surface area contributed by atoms with Crippen molar-refractivity contribution in [1.82, 2.24) is 4.90 Å². The summed E-state index contributed by atoms with van der Waals surface area (Å²) in [5, 5.41) is 0. The number of nitrogens with zero attached hydrogens (tertiary/aromatic N) is 1. The van der Waals surface area contributed by atoms with Gasteiger partial charge in [0, 0.05) is 34.4 Å². The number of carbonyl (C=O) groups is 1. The topological polar surface area (TPSA) is 54.5 Å². The van der Waals surface area contributed by atoms with E-state index in [0.29, 0.717) is 6.54 Å². The molecule has 21 heavy (non-hydrogen) atoms. The minimum absolute atomic E-state index is 0.0144. The quantitative estimate of drug-likeness (QED) is 0.776. The molecule has 0 bridgehead atoms. The maximum Gasteiger partial charge on any atom is 0.261 e. The Morgan fingerprint density at radius 1 is 1.38 bits per heavy atom. The third-order valence-corrected chi connectivity index (χ3v) is 4.60. The molecule has 0 N–H and O–H groups in total. The molecule has 0 fully saturated rings. The summed E-state index contributed by atoms with van der Waals surface area (Å²) in [5.41, 5.74) is -0.104. The molecule has 0 atom stereocenters. The van der Waals surface area contributed by atoms with E-state index >= 15 is 0 Å². The zero-order valence-electron chi connectivity index (χ0n) is 12.5. The lowest BCUT2D eigenvalue weighted by atomic mass is 10.1. The van der Waals surface area contributed by atoms with E-state index in [0.717, 1.165) is 18.6 Å². The number of hydrogen-bond donors (Lipinski definition) is 0. The fourth-order valence-corrected chi connectivity index (χ4v) is 3.24. The van der Waals surface area contributed by atoms with Crippen LogP contribution < -0.4 is 0 Å². The molecule has 1 rings (SSSR count). The van der Waals surface area contributed by atoms with Crippen LogP contribution in [0.1, 0.15) is 43.1 Å². The van der Waals surface area contributed by atoms with Gasteiger partial charge in [0.05, 0.1) is 4.90 Å². The van der Waals surface area contributed by atoms with Gasteiger partial charge in [-0.15, -0.1) is 0 Å². The monoisotopic (exact) mass is 335 g/mol. The normalized spacial score (nSPS) is 11.8. The van der Waals surface area contributed by atoms with E-state index < -0.39 is 20.8 Å². The zero-order valence-corrected chi connectivity index (χ0v) is 14.1. The van der Waals surface area contributed by atoms with Crippen molar-refractivity contribution in [3.8, 4) is 0 Å². The van der Waals surface area contributed by atoms with Gasteiger partial charge in [0.15, 0.2) is 0 Å². The Morgan fingerprint density at radius 3 is 2.38 bits per heavy atom.